The molecule has 0 amide bonds. The van der Waals surface area contributed by atoms with Gasteiger partial charge in [0.25, 0.3) is 0 Å². The van der Waals surface area contributed by atoms with E-state index in [0.717, 1.165) is 45.2 Å². The number of hydrogen-bond donors (Lipinski definition) is 5. The fourth-order valence-electron chi connectivity index (χ4n) is 4.30. The average Bonchev–Trinajstić information content (AvgIpc) is 3.71. The highest BCUT2D eigenvalue weighted by Gasteiger charge is 2.24. The van der Waals surface area contributed by atoms with E-state index in [1.165, 1.54) is 0 Å². The lowest BCUT2D eigenvalue weighted by Crippen LogP contribution is -2.26. The van der Waals surface area contributed by atoms with Crippen LogP contribution >= 0.6 is 22.7 Å². The van der Waals surface area contributed by atoms with Crippen molar-refractivity contribution in [3.05, 3.63) is 104 Å². The molecule has 7 nitrogen and oxygen atoms in total. The summed E-state index contributed by atoms with van der Waals surface area (Å²) in [5.41, 5.74) is 3.93. The molecule has 3 heterocycles. The van der Waals surface area contributed by atoms with Crippen molar-refractivity contribution in [1.29, 1.82) is 10.8 Å². The van der Waals surface area contributed by atoms with Crippen LogP contribution in [0.4, 0.5) is 11.4 Å². The number of anilines is 2. The molecule has 0 spiro atoms. The van der Waals surface area contributed by atoms with E-state index >= 15 is 0 Å². The first kappa shape index (κ1) is 26.3. The molecule has 5 N–H and O–H groups in total. The number of nitrogens with one attached hydrogen (secondary N) is 5. The highest BCUT2D eigenvalue weighted by Crippen LogP contribution is 2.19. The van der Waals surface area contributed by atoms with Gasteiger partial charge < -0.3 is 25.4 Å². The molecule has 196 valence electrons. The van der Waals surface area contributed by atoms with Gasteiger partial charge in [-0.15, -0.1) is 22.7 Å². The maximum Gasteiger partial charge on any atom is 0.140 e. The molecule has 1 saturated heterocycles. The summed E-state index contributed by atoms with van der Waals surface area (Å²) in [5.74, 6) is 0.807. The lowest BCUT2D eigenvalue weighted by Gasteiger charge is -2.14. The Morgan fingerprint density at radius 2 is 1.42 bits per heavy atom. The predicted octanol–water partition coefficient (Wildman–Crippen LogP) is 6.15. The second kappa shape index (κ2) is 12.9. The lowest BCUT2D eigenvalue weighted by molar-refractivity contribution is 0.0472. The van der Waals surface area contributed by atoms with Crippen LogP contribution in [0.2, 0.25) is 0 Å². The van der Waals surface area contributed by atoms with E-state index in [-0.39, 0.29) is 12.1 Å². The van der Waals surface area contributed by atoms with Crippen molar-refractivity contribution in [3.63, 3.8) is 0 Å². The van der Waals surface area contributed by atoms with E-state index in [1.807, 2.05) is 83.6 Å². The SMILES string of the molecule is N=C(Nc1cccc(COC[C@H]2C[C@@H](OCc3cccc(NC(=N)c4cccs4)c3)CN2)c1)c1cccs1. The highest BCUT2D eigenvalue weighted by atomic mass is 32.1. The molecule has 9 heteroatoms. The van der Waals surface area contributed by atoms with Gasteiger partial charge in [0.05, 0.1) is 35.7 Å². The van der Waals surface area contributed by atoms with E-state index in [9.17, 15) is 0 Å². The number of ether oxygens (including phenoxy) is 2. The zero-order valence-electron chi connectivity index (χ0n) is 20.9. The number of hydrogen-bond acceptors (Lipinski definition) is 7. The second-order valence-corrected chi connectivity index (χ2v) is 11.0. The molecule has 1 aliphatic heterocycles. The zero-order chi connectivity index (χ0) is 26.2. The largest absolute Gasteiger partial charge is 0.375 e. The molecule has 0 radical (unpaired) electrons. The third-order valence-corrected chi connectivity index (χ3v) is 7.96. The minimum Gasteiger partial charge on any atom is -0.375 e. The van der Waals surface area contributed by atoms with Crippen molar-refractivity contribution in [2.75, 3.05) is 23.8 Å². The molecule has 5 rings (SSSR count). The van der Waals surface area contributed by atoms with Crippen molar-refractivity contribution in [1.82, 2.24) is 5.32 Å². The molecule has 1 fully saturated rings. The Balaban J connectivity index is 1.02. The van der Waals surface area contributed by atoms with Crippen LogP contribution in [0.3, 0.4) is 0 Å². The Labute approximate surface area is 230 Å². The van der Waals surface area contributed by atoms with Crippen LogP contribution in [-0.4, -0.2) is 37.0 Å². The standard InChI is InChI=1S/C29H31N5O2S2/c30-28(26-9-3-11-37-26)33-22-7-1-5-20(13-22)17-35-19-24-15-25(16-32-24)36-18-21-6-2-8-23(14-21)34-29(31)27-10-4-12-38-27/h1-14,24-25,32H,15-19H2,(H2,30,33)(H2,31,34)/t24-,25-/m1/s1. The predicted molar refractivity (Wildman–Crippen MR) is 157 cm³/mol. The van der Waals surface area contributed by atoms with Gasteiger partial charge in [-0.1, -0.05) is 36.4 Å². The molecule has 0 bridgehead atoms. The monoisotopic (exact) mass is 545 g/mol. The topological polar surface area (TPSA) is 102 Å². The molecule has 2 atom stereocenters. The Hall–Kier alpha value is -3.34. The van der Waals surface area contributed by atoms with Crippen LogP contribution < -0.4 is 16.0 Å². The van der Waals surface area contributed by atoms with Crippen LogP contribution in [0.5, 0.6) is 0 Å². The van der Waals surface area contributed by atoms with Gasteiger partial charge in [0.15, 0.2) is 0 Å². The molecule has 2 aromatic heterocycles. The van der Waals surface area contributed by atoms with Gasteiger partial charge in [0.2, 0.25) is 0 Å². The van der Waals surface area contributed by atoms with Gasteiger partial charge in [-0.2, -0.15) is 0 Å². The lowest BCUT2D eigenvalue weighted by atomic mass is 10.2. The molecular weight excluding hydrogens is 514 g/mol. The van der Waals surface area contributed by atoms with Gasteiger partial charge in [0, 0.05) is 24.0 Å². The summed E-state index contributed by atoms with van der Waals surface area (Å²) in [6.45, 7) is 2.47. The summed E-state index contributed by atoms with van der Waals surface area (Å²) in [5, 5.41) is 30.2. The Morgan fingerprint density at radius 3 is 2.00 bits per heavy atom. The fourth-order valence-corrected chi connectivity index (χ4v) is 5.56. The molecule has 4 aromatic rings. The quantitative estimate of drug-likeness (QED) is 0.115. The molecule has 0 aliphatic carbocycles. The van der Waals surface area contributed by atoms with E-state index in [0.29, 0.717) is 31.5 Å². The minimum atomic E-state index is 0.139. The smallest absolute Gasteiger partial charge is 0.140 e. The van der Waals surface area contributed by atoms with Crippen molar-refractivity contribution in [3.8, 4) is 0 Å². The Kier molecular flexibility index (Phi) is 8.95. The van der Waals surface area contributed by atoms with Crippen molar-refractivity contribution >= 4 is 45.7 Å². The van der Waals surface area contributed by atoms with Gasteiger partial charge in [-0.25, -0.2) is 0 Å². The highest BCUT2D eigenvalue weighted by molar-refractivity contribution is 7.12. The summed E-state index contributed by atoms with van der Waals surface area (Å²) < 4.78 is 12.2. The molecule has 38 heavy (non-hydrogen) atoms. The third kappa shape index (κ3) is 7.37. The second-order valence-electron chi connectivity index (χ2n) is 9.14. The number of rotatable bonds is 11. The molecule has 0 saturated carbocycles. The van der Waals surface area contributed by atoms with Crippen molar-refractivity contribution < 1.29 is 9.47 Å². The number of amidine groups is 2. The molecule has 2 aromatic carbocycles. The Morgan fingerprint density at radius 1 is 0.816 bits per heavy atom. The first-order chi connectivity index (χ1) is 18.6. The normalized spacial score (nSPS) is 16.8. The number of benzene rings is 2. The zero-order valence-corrected chi connectivity index (χ0v) is 22.5. The molecule has 0 unspecified atom stereocenters. The van der Waals surface area contributed by atoms with Crippen LogP contribution in [0.25, 0.3) is 0 Å². The van der Waals surface area contributed by atoms with Gasteiger partial charge >= 0.3 is 0 Å². The van der Waals surface area contributed by atoms with Crippen LogP contribution in [-0.2, 0) is 22.7 Å². The fraction of sp³-hybridized carbons (Fsp3) is 0.241. The number of thiophene rings is 2. The Bertz CT molecular complexity index is 1340. The van der Waals surface area contributed by atoms with E-state index in [4.69, 9.17) is 20.3 Å². The summed E-state index contributed by atoms with van der Waals surface area (Å²) in [6, 6.07) is 24.1. The van der Waals surface area contributed by atoms with Crippen molar-refractivity contribution in [2.24, 2.45) is 0 Å². The van der Waals surface area contributed by atoms with E-state index in [1.54, 1.807) is 22.7 Å². The minimum absolute atomic E-state index is 0.139. The van der Waals surface area contributed by atoms with Gasteiger partial charge in [-0.05, 0) is 64.7 Å². The maximum atomic E-state index is 8.23. The molecular formula is C29H31N5O2S2. The van der Waals surface area contributed by atoms with Gasteiger partial charge in [0.1, 0.15) is 11.7 Å². The average molecular weight is 546 g/mol. The summed E-state index contributed by atoms with van der Waals surface area (Å²) in [7, 11) is 0. The van der Waals surface area contributed by atoms with Crippen LogP contribution in [0.15, 0.2) is 83.6 Å². The van der Waals surface area contributed by atoms with Crippen LogP contribution in [0.1, 0.15) is 27.3 Å². The van der Waals surface area contributed by atoms with Crippen LogP contribution in [0, 0.1) is 10.8 Å². The molecule has 1 aliphatic rings. The summed E-state index contributed by atoms with van der Waals surface area (Å²) in [6.07, 6.45) is 1.04. The first-order valence-corrected chi connectivity index (χ1v) is 14.3. The summed E-state index contributed by atoms with van der Waals surface area (Å²) in [4.78, 5) is 1.82. The van der Waals surface area contributed by atoms with E-state index < -0.39 is 0 Å². The van der Waals surface area contributed by atoms with E-state index in [2.05, 4.69) is 16.0 Å². The van der Waals surface area contributed by atoms with Crippen molar-refractivity contribution in [2.45, 2.75) is 31.8 Å². The summed E-state index contributed by atoms with van der Waals surface area (Å²) >= 11 is 3.10. The third-order valence-electron chi connectivity index (χ3n) is 6.18. The first-order valence-electron chi connectivity index (χ1n) is 12.5. The van der Waals surface area contributed by atoms with Gasteiger partial charge in [-0.3, -0.25) is 10.8 Å². The maximum absolute atomic E-state index is 8.23.